The lowest BCUT2D eigenvalue weighted by Crippen LogP contribution is -2.53. The number of halogens is 1. The molecule has 5 rings (SSSR count). The molecule has 12 heteroatoms. The molecule has 1 aliphatic carbocycles. The Hall–Kier alpha value is -3.96. The summed E-state index contributed by atoms with van der Waals surface area (Å²) in [5.74, 6) is 1.96. The van der Waals surface area contributed by atoms with Crippen molar-refractivity contribution < 1.29 is 14.3 Å². The minimum absolute atomic E-state index is 0.189. The van der Waals surface area contributed by atoms with Crippen molar-refractivity contribution in [3.05, 3.63) is 41.1 Å². The van der Waals surface area contributed by atoms with E-state index < -0.39 is 6.09 Å². The Morgan fingerprint density at radius 2 is 1.92 bits per heavy atom. The van der Waals surface area contributed by atoms with Crippen LogP contribution in [0, 0.1) is 19.7 Å². The molecule has 0 aromatic carbocycles. The summed E-state index contributed by atoms with van der Waals surface area (Å²) >= 11 is 0. The Bertz CT molecular complexity index is 1290. The molecule has 1 atom stereocenters. The zero-order valence-corrected chi connectivity index (χ0v) is 20.8. The van der Waals surface area contributed by atoms with Crippen LogP contribution >= 0.6 is 0 Å². The number of carbonyl (C=O) groups is 1. The summed E-state index contributed by atoms with van der Waals surface area (Å²) in [6.45, 7) is 6.88. The first-order valence-electron chi connectivity index (χ1n) is 12.0. The van der Waals surface area contributed by atoms with Gasteiger partial charge >= 0.3 is 6.09 Å². The number of nitrogens with zero attached hydrogens (tertiary/aromatic N) is 7. The van der Waals surface area contributed by atoms with E-state index in [-0.39, 0.29) is 17.8 Å². The Labute approximate surface area is 208 Å². The van der Waals surface area contributed by atoms with E-state index in [0.29, 0.717) is 54.3 Å². The lowest BCUT2D eigenvalue weighted by molar-refractivity contribution is 0.123. The van der Waals surface area contributed by atoms with Crippen LogP contribution in [0.2, 0.25) is 0 Å². The zero-order chi connectivity index (χ0) is 25.6. The summed E-state index contributed by atoms with van der Waals surface area (Å²) in [5, 5.41) is 20.3. The molecule has 3 aromatic rings. The van der Waals surface area contributed by atoms with Crippen LogP contribution in [0.15, 0.2) is 18.3 Å². The van der Waals surface area contributed by atoms with Gasteiger partial charge in [-0.15, -0.1) is 0 Å². The molecule has 3 aromatic heterocycles. The van der Waals surface area contributed by atoms with Crippen LogP contribution in [-0.4, -0.2) is 66.5 Å². The van der Waals surface area contributed by atoms with Crippen LogP contribution in [0.5, 0.6) is 0 Å². The van der Waals surface area contributed by atoms with E-state index in [1.165, 1.54) is 4.90 Å². The second kappa shape index (κ2) is 9.25. The summed E-state index contributed by atoms with van der Waals surface area (Å²) in [6.07, 6.45) is 2.74. The van der Waals surface area contributed by atoms with Crippen LogP contribution in [-0.2, 0) is 7.05 Å². The fourth-order valence-electron chi connectivity index (χ4n) is 4.51. The van der Waals surface area contributed by atoms with E-state index in [2.05, 4.69) is 30.6 Å². The summed E-state index contributed by atoms with van der Waals surface area (Å²) < 4.78 is 16.3. The molecule has 2 aliphatic rings. The smallest absolute Gasteiger partial charge is 0.407 e. The maximum atomic E-state index is 14.5. The molecule has 3 N–H and O–H groups in total. The maximum absolute atomic E-state index is 14.5. The van der Waals surface area contributed by atoms with Gasteiger partial charge in [-0.2, -0.15) is 10.1 Å². The van der Waals surface area contributed by atoms with Crippen LogP contribution in [0.25, 0.3) is 0 Å². The molecular weight excluding hydrogens is 465 g/mol. The van der Waals surface area contributed by atoms with Crippen LogP contribution in [0.3, 0.4) is 0 Å². The van der Waals surface area contributed by atoms with Gasteiger partial charge in [-0.25, -0.2) is 19.2 Å². The van der Waals surface area contributed by atoms with Gasteiger partial charge in [0.1, 0.15) is 11.6 Å². The monoisotopic (exact) mass is 495 g/mol. The molecule has 190 valence electrons. The average molecular weight is 496 g/mol. The van der Waals surface area contributed by atoms with Gasteiger partial charge in [-0.05, 0) is 51.2 Å². The molecule has 4 heterocycles. The molecule has 0 bridgehead atoms. The third-order valence-corrected chi connectivity index (χ3v) is 6.75. The van der Waals surface area contributed by atoms with Crippen LogP contribution in [0.4, 0.5) is 38.3 Å². The maximum Gasteiger partial charge on any atom is 0.407 e. The number of rotatable bonds is 6. The van der Waals surface area contributed by atoms with Crippen LogP contribution in [0.1, 0.15) is 42.6 Å². The van der Waals surface area contributed by atoms with Crippen molar-refractivity contribution in [3.8, 4) is 0 Å². The lowest BCUT2D eigenvalue weighted by Gasteiger charge is -2.39. The number of aryl methyl sites for hydroxylation is 3. The predicted molar refractivity (Wildman–Crippen MR) is 134 cm³/mol. The van der Waals surface area contributed by atoms with Crippen LogP contribution < -0.4 is 15.5 Å². The van der Waals surface area contributed by atoms with E-state index in [1.807, 2.05) is 27.0 Å². The van der Waals surface area contributed by atoms with Gasteiger partial charge in [0, 0.05) is 44.5 Å². The Balaban J connectivity index is 1.46. The summed E-state index contributed by atoms with van der Waals surface area (Å²) in [6, 6.07) is 3.46. The number of anilines is 5. The van der Waals surface area contributed by atoms with Gasteiger partial charge in [-0.3, -0.25) is 4.68 Å². The summed E-state index contributed by atoms with van der Waals surface area (Å²) in [5.41, 5.74) is 2.73. The van der Waals surface area contributed by atoms with Crippen molar-refractivity contribution in [2.24, 2.45) is 7.05 Å². The standard InChI is InChI=1S/C24H30FN9O2/c1-13-9-20(31-32(13)4)28-22-18(33-7-8-34(24(35)36)14(2)12-33)11-26-23(30-22)29-19-10-17(16-5-6-16)21(25)15(3)27-19/h9-11,14,16H,5-8,12H2,1-4H3,(H,35,36)(H2,26,27,28,29,30,31)/t14-/m1/s1. The van der Waals surface area contributed by atoms with E-state index in [9.17, 15) is 14.3 Å². The van der Waals surface area contributed by atoms with Crippen molar-refractivity contribution in [2.45, 2.75) is 45.6 Å². The van der Waals surface area contributed by atoms with Crippen molar-refractivity contribution in [3.63, 3.8) is 0 Å². The molecule has 0 spiro atoms. The number of aromatic nitrogens is 5. The quantitative estimate of drug-likeness (QED) is 0.467. The predicted octanol–water partition coefficient (Wildman–Crippen LogP) is 3.91. The number of pyridine rings is 1. The molecule has 1 saturated carbocycles. The molecular formula is C24H30FN9O2. The Kier molecular flexibility index (Phi) is 6.10. The van der Waals surface area contributed by atoms with Crippen molar-refractivity contribution in [2.75, 3.05) is 35.2 Å². The highest BCUT2D eigenvalue weighted by Crippen LogP contribution is 2.42. The Morgan fingerprint density at radius 3 is 2.56 bits per heavy atom. The molecule has 1 saturated heterocycles. The van der Waals surface area contributed by atoms with Gasteiger partial charge in [0.2, 0.25) is 5.95 Å². The minimum Gasteiger partial charge on any atom is -0.465 e. The van der Waals surface area contributed by atoms with Crippen molar-refractivity contribution in [1.82, 2.24) is 29.6 Å². The minimum atomic E-state index is -0.923. The SMILES string of the molecule is Cc1nc(Nc2ncc(N3CCN(C(=O)O)[C@H](C)C3)c(Nc3cc(C)n(C)n3)n2)cc(C2CC2)c1F. The molecule has 1 amide bonds. The van der Waals surface area contributed by atoms with Gasteiger partial charge in [0.25, 0.3) is 0 Å². The summed E-state index contributed by atoms with van der Waals surface area (Å²) in [7, 11) is 1.86. The largest absolute Gasteiger partial charge is 0.465 e. The average Bonchev–Trinajstić information content (AvgIpc) is 3.61. The fourth-order valence-corrected chi connectivity index (χ4v) is 4.51. The Morgan fingerprint density at radius 1 is 1.14 bits per heavy atom. The topological polar surface area (TPSA) is 124 Å². The highest BCUT2D eigenvalue weighted by molar-refractivity contribution is 5.73. The molecule has 0 unspecified atom stereocenters. The van der Waals surface area contributed by atoms with E-state index in [1.54, 1.807) is 23.9 Å². The summed E-state index contributed by atoms with van der Waals surface area (Å²) in [4.78, 5) is 28.6. The third kappa shape index (κ3) is 4.75. The highest BCUT2D eigenvalue weighted by Gasteiger charge is 2.30. The van der Waals surface area contributed by atoms with Gasteiger partial charge in [0.15, 0.2) is 11.6 Å². The zero-order valence-electron chi connectivity index (χ0n) is 20.8. The number of hydrogen-bond acceptors (Lipinski definition) is 8. The molecule has 2 fully saturated rings. The van der Waals surface area contributed by atoms with E-state index in [0.717, 1.165) is 24.2 Å². The molecule has 11 nitrogen and oxygen atoms in total. The molecule has 36 heavy (non-hydrogen) atoms. The van der Waals surface area contributed by atoms with Gasteiger partial charge < -0.3 is 25.5 Å². The van der Waals surface area contributed by atoms with Crippen molar-refractivity contribution >= 4 is 35.2 Å². The number of carboxylic acid groups (broad SMARTS) is 1. The number of hydrogen-bond donors (Lipinski definition) is 3. The third-order valence-electron chi connectivity index (χ3n) is 6.75. The molecule has 1 aliphatic heterocycles. The first-order valence-corrected chi connectivity index (χ1v) is 12.0. The number of nitrogens with one attached hydrogen (secondary N) is 2. The van der Waals surface area contributed by atoms with Crippen molar-refractivity contribution in [1.29, 1.82) is 0 Å². The first kappa shape index (κ1) is 23.8. The molecule has 0 radical (unpaired) electrons. The lowest BCUT2D eigenvalue weighted by atomic mass is 10.1. The van der Waals surface area contributed by atoms with Gasteiger partial charge in [0.05, 0.1) is 17.6 Å². The van der Waals surface area contributed by atoms with E-state index in [4.69, 9.17) is 4.98 Å². The normalized spacial score (nSPS) is 17.9. The second-order valence-electron chi connectivity index (χ2n) is 9.51. The first-order chi connectivity index (χ1) is 17.2. The number of piperazine rings is 1. The fraction of sp³-hybridized carbons (Fsp3) is 0.458. The number of amides is 1. The van der Waals surface area contributed by atoms with E-state index >= 15 is 0 Å². The second-order valence-corrected chi connectivity index (χ2v) is 9.51. The highest BCUT2D eigenvalue weighted by atomic mass is 19.1. The van der Waals surface area contributed by atoms with Gasteiger partial charge in [-0.1, -0.05) is 0 Å².